The second-order valence-electron chi connectivity index (χ2n) is 17.8. The molecule has 1 heterocycles. The monoisotopic (exact) mass is 845 g/mol. The summed E-state index contributed by atoms with van der Waals surface area (Å²) >= 11 is 0. The van der Waals surface area contributed by atoms with Gasteiger partial charge in [0.1, 0.15) is 11.2 Å². The van der Waals surface area contributed by atoms with Crippen LogP contribution in [0.1, 0.15) is 38.9 Å². The first kappa shape index (κ1) is 39.4. The van der Waals surface area contributed by atoms with Gasteiger partial charge in [-0.25, -0.2) is 0 Å². The highest BCUT2D eigenvalue weighted by molar-refractivity contribution is 6.09. The Morgan fingerprint density at radius 3 is 1.71 bits per heavy atom. The minimum Gasteiger partial charge on any atom is -0.455 e. The number of furan rings is 1. The molecule has 1 atom stereocenters. The molecule has 0 fully saturated rings. The van der Waals surface area contributed by atoms with E-state index in [0.29, 0.717) is 0 Å². The summed E-state index contributed by atoms with van der Waals surface area (Å²) < 4.78 is 6.53. The van der Waals surface area contributed by atoms with Crippen LogP contribution in [0.4, 0.5) is 17.1 Å². The number of hydrogen-bond donors (Lipinski definition) is 0. The molecule has 0 N–H and O–H groups in total. The van der Waals surface area contributed by atoms with Crippen molar-refractivity contribution in [1.29, 1.82) is 0 Å². The summed E-state index contributed by atoms with van der Waals surface area (Å²) in [7, 11) is 0. The summed E-state index contributed by atoms with van der Waals surface area (Å²) in [5.41, 5.74) is 22.9. The van der Waals surface area contributed by atoms with E-state index >= 15 is 0 Å². The standard InChI is InChI=1S/C64H47NO/c1-42-17-10-11-22-52(42)53-36-34-50(40-43(53)2)65(61-38-31-47(39-44(61)3)45-18-6-4-7-19-45)51-35-37-56-55-23-12-14-27-59(55)64(60(56)41-51,48-20-8-5-9-21-48)49-32-29-46(30-33-49)54-25-16-26-58-57-24-13-15-28-62(57)66-63(54)58/h4-41H,1-3H3. The largest absolute Gasteiger partial charge is 0.455 e. The third-order valence-electron chi connectivity index (χ3n) is 14.0. The number of para-hydroxylation sites is 2. The van der Waals surface area contributed by atoms with E-state index in [1.54, 1.807) is 0 Å². The van der Waals surface area contributed by atoms with Crippen LogP contribution in [0.5, 0.6) is 0 Å². The van der Waals surface area contributed by atoms with Crippen LogP contribution in [0.25, 0.3) is 66.4 Å². The van der Waals surface area contributed by atoms with Gasteiger partial charge in [-0.05, 0) is 141 Å². The molecule has 12 rings (SSSR count). The topological polar surface area (TPSA) is 16.4 Å². The lowest BCUT2D eigenvalue weighted by Crippen LogP contribution is -2.28. The summed E-state index contributed by atoms with van der Waals surface area (Å²) in [6, 6.07) is 84.5. The van der Waals surface area contributed by atoms with Gasteiger partial charge in [-0.1, -0.05) is 188 Å². The highest BCUT2D eigenvalue weighted by Gasteiger charge is 2.46. The maximum Gasteiger partial charge on any atom is 0.143 e. The van der Waals surface area contributed by atoms with E-state index in [1.165, 1.54) is 72.3 Å². The minimum absolute atomic E-state index is 0.602. The molecule has 0 radical (unpaired) electrons. The predicted molar refractivity (Wildman–Crippen MR) is 276 cm³/mol. The summed E-state index contributed by atoms with van der Waals surface area (Å²) in [4.78, 5) is 2.47. The average molecular weight is 846 g/mol. The van der Waals surface area contributed by atoms with Crippen molar-refractivity contribution in [3.63, 3.8) is 0 Å². The van der Waals surface area contributed by atoms with Gasteiger partial charge < -0.3 is 9.32 Å². The quantitative estimate of drug-likeness (QED) is 0.151. The molecule has 0 saturated carbocycles. The second kappa shape index (κ2) is 15.8. The Balaban J connectivity index is 1.06. The molecule has 0 bridgehead atoms. The van der Waals surface area contributed by atoms with E-state index in [4.69, 9.17) is 4.42 Å². The van der Waals surface area contributed by atoms with E-state index in [0.717, 1.165) is 50.1 Å². The number of fused-ring (bicyclic) bond motifs is 6. The SMILES string of the molecule is Cc1ccccc1-c1ccc(N(c2ccc3c(c2)C(c2ccccc2)(c2ccc(-c4cccc5c4oc4ccccc45)cc2)c2ccccc2-3)c2ccc(-c3ccccc3)cc2C)cc1C. The smallest absolute Gasteiger partial charge is 0.143 e. The first-order valence-corrected chi connectivity index (χ1v) is 22.9. The highest BCUT2D eigenvalue weighted by Crippen LogP contribution is 2.57. The number of benzene rings is 10. The van der Waals surface area contributed by atoms with Crippen molar-refractivity contribution in [2.75, 3.05) is 4.90 Å². The van der Waals surface area contributed by atoms with Crippen molar-refractivity contribution >= 4 is 39.0 Å². The van der Waals surface area contributed by atoms with Crippen molar-refractivity contribution in [3.05, 3.63) is 269 Å². The fourth-order valence-corrected chi connectivity index (χ4v) is 10.9. The van der Waals surface area contributed by atoms with E-state index in [1.807, 2.05) is 6.07 Å². The molecule has 1 aromatic heterocycles. The van der Waals surface area contributed by atoms with E-state index in [-0.39, 0.29) is 0 Å². The number of nitrogens with zero attached hydrogens (tertiary/aromatic N) is 1. The molecule has 314 valence electrons. The van der Waals surface area contributed by atoms with Crippen LogP contribution in [0, 0.1) is 20.8 Å². The van der Waals surface area contributed by atoms with E-state index in [2.05, 4.69) is 250 Å². The molecule has 2 nitrogen and oxygen atoms in total. The van der Waals surface area contributed by atoms with Crippen molar-refractivity contribution in [1.82, 2.24) is 0 Å². The van der Waals surface area contributed by atoms with Crippen LogP contribution in [0.15, 0.2) is 235 Å². The van der Waals surface area contributed by atoms with Gasteiger partial charge in [-0.15, -0.1) is 0 Å². The molecule has 2 heteroatoms. The van der Waals surface area contributed by atoms with Gasteiger partial charge in [0.2, 0.25) is 0 Å². The van der Waals surface area contributed by atoms with Gasteiger partial charge in [-0.3, -0.25) is 0 Å². The van der Waals surface area contributed by atoms with Crippen LogP contribution >= 0.6 is 0 Å². The minimum atomic E-state index is -0.602. The second-order valence-corrected chi connectivity index (χ2v) is 17.8. The van der Waals surface area contributed by atoms with Gasteiger partial charge in [-0.2, -0.15) is 0 Å². The van der Waals surface area contributed by atoms with Crippen molar-refractivity contribution in [3.8, 4) is 44.5 Å². The summed E-state index contributed by atoms with van der Waals surface area (Å²) in [6.45, 7) is 6.68. The zero-order chi connectivity index (χ0) is 44.4. The Kier molecular flexibility index (Phi) is 9.43. The zero-order valence-corrected chi connectivity index (χ0v) is 37.3. The average Bonchev–Trinajstić information content (AvgIpc) is 3.89. The Bertz CT molecular complexity index is 3620. The molecule has 1 aliphatic rings. The molecule has 1 aliphatic carbocycles. The molecule has 0 amide bonds. The van der Waals surface area contributed by atoms with Gasteiger partial charge in [0.05, 0.1) is 5.41 Å². The number of anilines is 3. The molecule has 1 unspecified atom stereocenters. The van der Waals surface area contributed by atoms with Crippen LogP contribution in [-0.4, -0.2) is 0 Å². The fourth-order valence-electron chi connectivity index (χ4n) is 10.9. The molecule has 0 aliphatic heterocycles. The lowest BCUT2D eigenvalue weighted by molar-refractivity contribution is 0.670. The number of aryl methyl sites for hydroxylation is 3. The maximum atomic E-state index is 6.53. The molecular weight excluding hydrogens is 799 g/mol. The highest BCUT2D eigenvalue weighted by atomic mass is 16.3. The van der Waals surface area contributed by atoms with Gasteiger partial charge in [0, 0.05) is 33.4 Å². The van der Waals surface area contributed by atoms with E-state index in [9.17, 15) is 0 Å². The lowest BCUT2D eigenvalue weighted by atomic mass is 9.67. The van der Waals surface area contributed by atoms with Gasteiger partial charge in [0.15, 0.2) is 0 Å². The molecule has 0 saturated heterocycles. The Hall–Kier alpha value is -8.20. The van der Waals surface area contributed by atoms with Crippen LogP contribution in [0.3, 0.4) is 0 Å². The Labute approximate surface area is 386 Å². The Morgan fingerprint density at radius 1 is 0.348 bits per heavy atom. The lowest BCUT2D eigenvalue weighted by Gasteiger charge is -2.35. The molecule has 66 heavy (non-hydrogen) atoms. The summed E-state index contributed by atoms with van der Waals surface area (Å²) in [5.74, 6) is 0. The van der Waals surface area contributed by atoms with E-state index < -0.39 is 5.41 Å². The molecular formula is C64H47NO. The fraction of sp³-hybridized carbons (Fsp3) is 0.0625. The molecule has 11 aromatic rings. The maximum absolute atomic E-state index is 6.53. The summed E-state index contributed by atoms with van der Waals surface area (Å²) in [5, 5.41) is 2.27. The third-order valence-corrected chi connectivity index (χ3v) is 14.0. The van der Waals surface area contributed by atoms with Crippen molar-refractivity contribution < 1.29 is 4.42 Å². The van der Waals surface area contributed by atoms with Crippen LogP contribution in [-0.2, 0) is 5.41 Å². The summed E-state index contributed by atoms with van der Waals surface area (Å²) in [6.07, 6.45) is 0. The normalized spacial score (nSPS) is 14.0. The molecule has 0 spiro atoms. The predicted octanol–water partition coefficient (Wildman–Crippen LogP) is 17.3. The first-order valence-electron chi connectivity index (χ1n) is 22.9. The molecule has 10 aromatic carbocycles. The number of hydrogen-bond acceptors (Lipinski definition) is 2. The Morgan fingerprint density at radius 2 is 0.939 bits per heavy atom. The third kappa shape index (κ3) is 6.25. The number of rotatable bonds is 8. The zero-order valence-electron chi connectivity index (χ0n) is 37.3. The van der Waals surface area contributed by atoms with Gasteiger partial charge in [0.25, 0.3) is 0 Å². The van der Waals surface area contributed by atoms with Gasteiger partial charge >= 0.3 is 0 Å². The van der Waals surface area contributed by atoms with Crippen molar-refractivity contribution in [2.45, 2.75) is 26.2 Å². The van der Waals surface area contributed by atoms with Crippen LogP contribution < -0.4 is 4.90 Å². The first-order chi connectivity index (χ1) is 32.5. The van der Waals surface area contributed by atoms with Crippen molar-refractivity contribution in [2.24, 2.45) is 0 Å². The van der Waals surface area contributed by atoms with Crippen LogP contribution in [0.2, 0.25) is 0 Å².